The van der Waals surface area contributed by atoms with Gasteiger partial charge in [-0.2, -0.15) is 0 Å². The lowest BCUT2D eigenvalue weighted by molar-refractivity contribution is -0.265. The van der Waals surface area contributed by atoms with E-state index in [9.17, 15) is 14.4 Å². The first-order valence-electron chi connectivity index (χ1n) is 16.4. The highest BCUT2D eigenvalue weighted by Gasteiger charge is 2.72. The van der Waals surface area contributed by atoms with Gasteiger partial charge in [-0.3, -0.25) is 9.59 Å². The van der Waals surface area contributed by atoms with Crippen molar-refractivity contribution in [2.75, 3.05) is 6.61 Å². The molecule has 5 aliphatic rings. The minimum Gasteiger partial charge on any atom is -0.461 e. The van der Waals surface area contributed by atoms with Crippen LogP contribution in [0, 0.1) is 56.2 Å². The molecule has 9 atom stereocenters. The third-order valence-electron chi connectivity index (χ3n) is 14.8. The molecule has 0 bridgehead atoms. The second-order valence-corrected chi connectivity index (χ2v) is 16.8. The van der Waals surface area contributed by atoms with Gasteiger partial charge in [0.15, 0.2) is 0 Å². The van der Waals surface area contributed by atoms with Gasteiger partial charge in [-0.05, 0) is 103 Å². The van der Waals surface area contributed by atoms with Crippen molar-refractivity contribution < 1.29 is 19.1 Å². The average Bonchev–Trinajstić information content (AvgIpc) is 2.93. The second-order valence-electron chi connectivity index (χ2n) is 16.8. The van der Waals surface area contributed by atoms with E-state index >= 15 is 0 Å². The van der Waals surface area contributed by atoms with Gasteiger partial charge in [0.25, 0.3) is 0 Å². The van der Waals surface area contributed by atoms with Crippen LogP contribution in [0.5, 0.6) is 0 Å². The summed E-state index contributed by atoms with van der Waals surface area (Å²) in [6.07, 6.45) is 9.76. The zero-order valence-corrected chi connectivity index (χ0v) is 26.6. The van der Waals surface area contributed by atoms with Crippen molar-refractivity contribution in [1.29, 1.82) is 0 Å². The molecule has 4 nitrogen and oxygen atoms in total. The van der Waals surface area contributed by atoms with Crippen LogP contribution >= 0.6 is 0 Å². The van der Waals surface area contributed by atoms with Gasteiger partial charge < -0.3 is 4.74 Å². The number of ether oxygens (including phenoxy) is 1. The third kappa shape index (κ3) is 3.93. The summed E-state index contributed by atoms with van der Waals surface area (Å²) in [6, 6.07) is 9.41. The second kappa shape index (κ2) is 9.26. The average molecular weight is 561 g/mol. The first-order chi connectivity index (χ1) is 19.1. The van der Waals surface area contributed by atoms with E-state index in [2.05, 4.69) is 48.5 Å². The topological polar surface area (TPSA) is 60.4 Å². The maximum absolute atomic E-state index is 13.4. The van der Waals surface area contributed by atoms with Gasteiger partial charge in [0.1, 0.15) is 11.6 Å². The van der Waals surface area contributed by atoms with Crippen LogP contribution in [-0.2, 0) is 14.3 Å². The number of Topliss-reactive ketones (excluding diaryl/α,β-unsaturated/α-hetero) is 2. The minimum absolute atomic E-state index is 0.0461. The fraction of sp³-hybridized carbons (Fsp3) is 0.757. The molecule has 224 valence electrons. The predicted molar refractivity (Wildman–Crippen MR) is 161 cm³/mol. The van der Waals surface area contributed by atoms with Crippen molar-refractivity contribution >= 4 is 17.5 Å². The number of rotatable bonds is 3. The summed E-state index contributed by atoms with van der Waals surface area (Å²) in [5.74, 6) is 1.97. The Hall–Kier alpha value is -1.97. The van der Waals surface area contributed by atoms with E-state index < -0.39 is 0 Å². The number of esters is 1. The molecule has 1 aromatic carbocycles. The van der Waals surface area contributed by atoms with E-state index in [1.807, 2.05) is 30.3 Å². The Balaban J connectivity index is 1.41. The quantitative estimate of drug-likeness (QED) is 0.348. The van der Waals surface area contributed by atoms with Crippen LogP contribution in [0.25, 0.3) is 0 Å². The van der Waals surface area contributed by atoms with Gasteiger partial charge in [0.05, 0.1) is 12.2 Å². The Labute approximate surface area is 247 Å². The van der Waals surface area contributed by atoms with Gasteiger partial charge in [0.2, 0.25) is 0 Å². The molecule has 5 fully saturated rings. The van der Waals surface area contributed by atoms with Crippen molar-refractivity contribution in [3.63, 3.8) is 0 Å². The standard InChI is InChI=1S/C37H52O4/c1-24-26(38)13-14-27-34(24,5)16-15-28-35(6)18-17-33(4)22-30(39)32(2,3)21-29(33)36(35,7)19-20-37(27,28)23-41-31(40)25-11-9-8-10-12-25/h8-12,24,27-29H,13-23H2,1-7H3/t24-,27+,28+,29+,33-,34+,35+,36-,37+/m0/s1. The van der Waals surface area contributed by atoms with Crippen molar-refractivity contribution in [2.45, 2.75) is 113 Å². The van der Waals surface area contributed by atoms with Crippen LogP contribution in [0.4, 0.5) is 0 Å². The van der Waals surface area contributed by atoms with Crippen LogP contribution in [0.1, 0.15) is 123 Å². The van der Waals surface area contributed by atoms with E-state index in [4.69, 9.17) is 4.74 Å². The summed E-state index contributed by atoms with van der Waals surface area (Å²) < 4.78 is 6.35. The molecule has 6 rings (SSSR count). The first-order valence-corrected chi connectivity index (χ1v) is 16.4. The molecule has 0 unspecified atom stereocenters. The molecule has 0 aromatic heterocycles. The van der Waals surface area contributed by atoms with E-state index in [-0.39, 0.29) is 44.4 Å². The number of hydrogen-bond acceptors (Lipinski definition) is 4. The number of hydrogen-bond donors (Lipinski definition) is 0. The fourth-order valence-corrected chi connectivity index (χ4v) is 11.9. The Morgan fingerprint density at radius 2 is 1.49 bits per heavy atom. The number of ketones is 2. The minimum atomic E-state index is -0.268. The van der Waals surface area contributed by atoms with Crippen LogP contribution in [0.2, 0.25) is 0 Å². The molecule has 1 aromatic rings. The molecule has 5 aliphatic carbocycles. The van der Waals surface area contributed by atoms with E-state index in [1.54, 1.807) is 0 Å². The van der Waals surface area contributed by atoms with Crippen LogP contribution < -0.4 is 0 Å². The Morgan fingerprint density at radius 3 is 2.20 bits per heavy atom. The molecule has 0 amide bonds. The van der Waals surface area contributed by atoms with Crippen LogP contribution in [-0.4, -0.2) is 24.1 Å². The van der Waals surface area contributed by atoms with Gasteiger partial charge in [0, 0.05) is 29.6 Å². The molecule has 0 radical (unpaired) electrons. The fourth-order valence-electron chi connectivity index (χ4n) is 11.9. The molecule has 0 saturated heterocycles. The molecular weight excluding hydrogens is 508 g/mol. The highest BCUT2D eigenvalue weighted by atomic mass is 16.5. The zero-order valence-electron chi connectivity index (χ0n) is 26.6. The van der Waals surface area contributed by atoms with Gasteiger partial charge >= 0.3 is 5.97 Å². The van der Waals surface area contributed by atoms with Gasteiger partial charge in [-0.15, -0.1) is 0 Å². The monoisotopic (exact) mass is 560 g/mol. The first kappa shape index (κ1) is 29.1. The molecule has 0 aliphatic heterocycles. The molecule has 0 spiro atoms. The summed E-state index contributed by atoms with van der Waals surface area (Å²) in [4.78, 5) is 39.7. The summed E-state index contributed by atoms with van der Waals surface area (Å²) in [5.41, 5.74) is 0.439. The lowest BCUT2D eigenvalue weighted by Crippen LogP contribution is -2.69. The van der Waals surface area contributed by atoms with E-state index in [0.29, 0.717) is 54.3 Å². The van der Waals surface area contributed by atoms with E-state index in [0.717, 1.165) is 51.4 Å². The Morgan fingerprint density at radius 1 is 0.829 bits per heavy atom. The number of carbonyl (C=O) groups is 3. The maximum Gasteiger partial charge on any atom is 0.338 e. The van der Waals surface area contributed by atoms with Crippen molar-refractivity contribution in [1.82, 2.24) is 0 Å². The predicted octanol–water partition coefficient (Wildman–Crippen LogP) is 8.47. The Bertz CT molecular complexity index is 1250. The SMILES string of the molecule is C[C@H]1C(=O)CC[C@@H]2[C@]1(C)CC[C@H]1[C@@]2(COC(=O)c2ccccc2)CC[C@@]2(C)[C@@H]3CC(C)(C)C(=O)C[C@]3(C)CC[C@]12C. The third-order valence-corrected chi connectivity index (χ3v) is 14.8. The molecule has 5 saturated carbocycles. The number of fused-ring (bicyclic) bond motifs is 7. The molecule has 0 heterocycles. The highest BCUT2D eigenvalue weighted by molar-refractivity contribution is 5.89. The Kier molecular flexibility index (Phi) is 6.58. The lowest BCUT2D eigenvalue weighted by Gasteiger charge is -2.74. The van der Waals surface area contributed by atoms with E-state index in [1.165, 1.54) is 0 Å². The number of carbonyl (C=O) groups excluding carboxylic acids is 3. The lowest BCUT2D eigenvalue weighted by atomic mass is 9.30. The normalized spacial score (nSPS) is 46.9. The maximum atomic E-state index is 13.4. The van der Waals surface area contributed by atoms with Crippen molar-refractivity contribution in [2.24, 2.45) is 56.2 Å². The number of benzene rings is 1. The molecule has 4 heteroatoms. The summed E-state index contributed by atoms with van der Waals surface area (Å²) in [5, 5.41) is 0. The molecule has 41 heavy (non-hydrogen) atoms. The summed E-state index contributed by atoms with van der Waals surface area (Å²) in [6.45, 7) is 16.9. The zero-order chi connectivity index (χ0) is 29.6. The van der Waals surface area contributed by atoms with Crippen LogP contribution in [0.3, 0.4) is 0 Å². The molecular formula is C37H52O4. The van der Waals surface area contributed by atoms with Gasteiger partial charge in [-0.25, -0.2) is 4.79 Å². The summed E-state index contributed by atoms with van der Waals surface area (Å²) >= 11 is 0. The molecule has 0 N–H and O–H groups in total. The van der Waals surface area contributed by atoms with Crippen molar-refractivity contribution in [3.05, 3.63) is 35.9 Å². The largest absolute Gasteiger partial charge is 0.461 e. The van der Waals surface area contributed by atoms with Crippen LogP contribution in [0.15, 0.2) is 30.3 Å². The van der Waals surface area contributed by atoms with Crippen molar-refractivity contribution in [3.8, 4) is 0 Å². The summed E-state index contributed by atoms with van der Waals surface area (Å²) in [7, 11) is 0. The highest BCUT2D eigenvalue weighted by Crippen LogP contribution is 2.78. The smallest absolute Gasteiger partial charge is 0.338 e. The van der Waals surface area contributed by atoms with Gasteiger partial charge in [-0.1, -0.05) is 66.7 Å².